The number of nitrogens with one attached hydrogen (secondary N) is 1. The highest BCUT2D eigenvalue weighted by atomic mass is 16.5. The maximum absolute atomic E-state index is 13.0. The molecule has 6 atom stereocenters. The largest absolute Gasteiger partial charge is 0.467 e. The molecule has 1 heterocycles. The molecule has 0 aromatic heterocycles. The summed E-state index contributed by atoms with van der Waals surface area (Å²) in [5.74, 6) is 7.09. The van der Waals surface area contributed by atoms with Gasteiger partial charge in [-0.1, -0.05) is 30.6 Å². The molecule has 1 aliphatic heterocycles. The zero-order chi connectivity index (χ0) is 32.6. The van der Waals surface area contributed by atoms with Crippen LogP contribution in [0.2, 0.25) is 0 Å². The molecular formula is C38H49N3O5. The number of hydrogen-bond donors (Lipinski definition) is 2. The van der Waals surface area contributed by atoms with E-state index in [9.17, 15) is 19.5 Å². The lowest BCUT2D eigenvalue weighted by Crippen LogP contribution is -2.57. The Morgan fingerprint density at radius 1 is 1.17 bits per heavy atom. The Hall–Kier alpha value is -3.41. The first-order valence-corrected chi connectivity index (χ1v) is 17.1. The number of allylic oxidation sites excluding steroid dienone is 4. The van der Waals surface area contributed by atoms with Crippen LogP contribution in [0.5, 0.6) is 0 Å². The van der Waals surface area contributed by atoms with Crippen molar-refractivity contribution in [3.05, 3.63) is 52.6 Å². The van der Waals surface area contributed by atoms with Crippen molar-refractivity contribution in [3.8, 4) is 11.8 Å². The predicted molar refractivity (Wildman–Crippen MR) is 178 cm³/mol. The minimum Gasteiger partial charge on any atom is -0.467 e. The number of esters is 1. The zero-order valence-electron chi connectivity index (χ0n) is 27.9. The fourth-order valence-corrected chi connectivity index (χ4v) is 9.43. The molecule has 1 amide bonds. The normalized spacial score (nSPS) is 32.0. The molecule has 4 aliphatic carbocycles. The second-order valence-corrected chi connectivity index (χ2v) is 14.2. The summed E-state index contributed by atoms with van der Waals surface area (Å²) >= 11 is 0. The van der Waals surface area contributed by atoms with Gasteiger partial charge in [0.2, 0.25) is 5.91 Å². The van der Waals surface area contributed by atoms with Gasteiger partial charge in [0.05, 0.1) is 7.11 Å². The molecule has 1 aromatic rings. The molecule has 1 unspecified atom stereocenters. The first-order valence-electron chi connectivity index (χ1n) is 17.1. The number of ether oxygens (including phenoxy) is 1. The number of nitrogens with zero attached hydrogens (tertiary/aromatic N) is 2. The summed E-state index contributed by atoms with van der Waals surface area (Å²) < 4.78 is 4.91. The number of rotatable bonds is 7. The van der Waals surface area contributed by atoms with Crippen LogP contribution < -0.4 is 10.2 Å². The number of aliphatic hydroxyl groups is 1. The fourth-order valence-electron chi connectivity index (χ4n) is 9.43. The number of carbonyl (C=O) groups excluding carboxylic acids is 3. The second-order valence-electron chi connectivity index (χ2n) is 14.2. The van der Waals surface area contributed by atoms with Gasteiger partial charge < -0.3 is 25.0 Å². The summed E-state index contributed by atoms with van der Waals surface area (Å²) in [5, 5.41) is 15.1. The highest BCUT2D eigenvalue weighted by molar-refractivity contribution is 5.93. The Balaban J connectivity index is 1.20. The lowest BCUT2D eigenvalue weighted by atomic mass is 9.51. The van der Waals surface area contributed by atoms with Gasteiger partial charge in [-0.25, -0.2) is 4.79 Å². The predicted octanol–water partition coefficient (Wildman–Crippen LogP) is 4.53. The van der Waals surface area contributed by atoms with Crippen LogP contribution >= 0.6 is 0 Å². The number of amides is 1. The third-order valence-electron chi connectivity index (χ3n) is 11.9. The quantitative estimate of drug-likeness (QED) is 0.339. The van der Waals surface area contributed by atoms with Gasteiger partial charge >= 0.3 is 5.97 Å². The van der Waals surface area contributed by atoms with E-state index in [0.717, 1.165) is 37.8 Å². The van der Waals surface area contributed by atoms with Crippen molar-refractivity contribution in [2.45, 2.75) is 89.2 Å². The number of methoxy groups -OCH3 is 1. The van der Waals surface area contributed by atoms with Gasteiger partial charge in [0.15, 0.2) is 5.78 Å². The van der Waals surface area contributed by atoms with Gasteiger partial charge in [0.1, 0.15) is 11.6 Å². The average Bonchev–Trinajstić information content (AvgIpc) is 3.33. The van der Waals surface area contributed by atoms with E-state index in [0.29, 0.717) is 63.7 Å². The van der Waals surface area contributed by atoms with Crippen LogP contribution in [0, 0.1) is 29.1 Å². The standard InChI is InChI=1S/C38H49N3O5/c1-5-17-38(45)18-16-32-30-14-10-26-22-28(42)13-15-29(26)35(30)31(23-37(32,38)2)25-8-11-27(12-9-25)40(3)20-6-7-34(43)41-21-19-39-24-33(41)36(44)46-4/h8-9,11-12,22,30-33,39,45H,6-7,10,13-16,18-21,23-24H2,1-4H3/t30-,31+,32-,33?,37-,38-/m0/s1. The Kier molecular flexibility index (Phi) is 9.20. The Morgan fingerprint density at radius 2 is 1.96 bits per heavy atom. The van der Waals surface area contributed by atoms with Crippen molar-refractivity contribution < 1.29 is 24.2 Å². The fraction of sp³-hybridized carbons (Fsp3) is 0.605. The summed E-state index contributed by atoms with van der Waals surface area (Å²) in [7, 11) is 3.41. The van der Waals surface area contributed by atoms with Gasteiger partial charge in [-0.3, -0.25) is 9.59 Å². The molecule has 46 heavy (non-hydrogen) atoms. The Labute approximate surface area is 273 Å². The number of anilines is 1. The van der Waals surface area contributed by atoms with Crippen molar-refractivity contribution in [2.24, 2.45) is 17.3 Å². The number of hydrogen-bond acceptors (Lipinski definition) is 7. The molecular weight excluding hydrogens is 578 g/mol. The van der Waals surface area contributed by atoms with Gasteiger partial charge in [-0.2, -0.15) is 0 Å². The van der Waals surface area contributed by atoms with Gasteiger partial charge in [0, 0.05) is 63.1 Å². The molecule has 0 radical (unpaired) electrons. The molecule has 2 saturated carbocycles. The van der Waals surface area contributed by atoms with Crippen molar-refractivity contribution in [1.29, 1.82) is 0 Å². The number of piperazine rings is 1. The smallest absolute Gasteiger partial charge is 0.329 e. The van der Waals surface area contributed by atoms with Crippen LogP contribution in [0.1, 0.15) is 83.1 Å². The van der Waals surface area contributed by atoms with E-state index in [2.05, 4.69) is 53.2 Å². The summed E-state index contributed by atoms with van der Waals surface area (Å²) in [6.45, 7) is 6.42. The lowest BCUT2D eigenvalue weighted by molar-refractivity contribution is -0.153. The van der Waals surface area contributed by atoms with Crippen LogP contribution in [0.4, 0.5) is 5.69 Å². The van der Waals surface area contributed by atoms with E-state index < -0.39 is 11.6 Å². The Bertz CT molecular complexity index is 1500. The van der Waals surface area contributed by atoms with E-state index >= 15 is 0 Å². The summed E-state index contributed by atoms with van der Waals surface area (Å²) in [6.07, 6.45) is 8.87. The molecule has 8 nitrogen and oxygen atoms in total. The highest BCUT2D eigenvalue weighted by Crippen LogP contribution is 2.66. The average molecular weight is 628 g/mol. The van der Waals surface area contributed by atoms with Crippen molar-refractivity contribution in [1.82, 2.24) is 10.2 Å². The maximum atomic E-state index is 13.0. The lowest BCUT2D eigenvalue weighted by Gasteiger charge is -2.53. The summed E-state index contributed by atoms with van der Waals surface area (Å²) in [6, 6.07) is 8.26. The Morgan fingerprint density at radius 3 is 2.70 bits per heavy atom. The van der Waals surface area contributed by atoms with Crippen LogP contribution in [-0.2, 0) is 19.1 Å². The van der Waals surface area contributed by atoms with E-state index in [1.54, 1.807) is 4.90 Å². The molecule has 246 valence electrons. The first kappa shape index (κ1) is 32.5. The van der Waals surface area contributed by atoms with Crippen molar-refractivity contribution in [2.75, 3.05) is 45.2 Å². The third-order valence-corrected chi connectivity index (χ3v) is 11.9. The van der Waals surface area contributed by atoms with E-state index in [1.165, 1.54) is 29.4 Å². The minimum absolute atomic E-state index is 0.0150. The molecule has 1 saturated heterocycles. The maximum Gasteiger partial charge on any atom is 0.329 e. The third kappa shape index (κ3) is 5.71. The topological polar surface area (TPSA) is 99.2 Å². The summed E-state index contributed by atoms with van der Waals surface area (Å²) in [4.78, 5) is 41.4. The number of ketones is 1. The molecule has 1 aromatic carbocycles. The van der Waals surface area contributed by atoms with Crippen molar-refractivity contribution >= 4 is 23.3 Å². The van der Waals surface area contributed by atoms with Crippen LogP contribution in [0.15, 0.2) is 47.1 Å². The summed E-state index contributed by atoms with van der Waals surface area (Å²) in [5.41, 5.74) is 5.20. The molecule has 0 bridgehead atoms. The van der Waals surface area contributed by atoms with E-state index in [-0.39, 0.29) is 29.0 Å². The van der Waals surface area contributed by atoms with Gasteiger partial charge in [0.25, 0.3) is 0 Å². The van der Waals surface area contributed by atoms with Crippen LogP contribution in [0.25, 0.3) is 0 Å². The molecule has 0 spiro atoms. The molecule has 8 heteroatoms. The zero-order valence-corrected chi connectivity index (χ0v) is 27.9. The SMILES string of the molecule is CC#C[C@]1(O)CC[C@H]2[C@@H]3CCC4=CC(=O)CCC4=C3[C@@H](c3ccc(N(C)CCCC(=O)N4CCNCC4C(=O)OC)cc3)C[C@@]21C. The van der Waals surface area contributed by atoms with Gasteiger partial charge in [-0.15, -0.1) is 5.92 Å². The van der Waals surface area contributed by atoms with E-state index in [1.807, 2.05) is 20.0 Å². The van der Waals surface area contributed by atoms with Gasteiger partial charge in [-0.05, 0) is 98.6 Å². The van der Waals surface area contributed by atoms with Crippen LogP contribution in [0.3, 0.4) is 0 Å². The van der Waals surface area contributed by atoms with E-state index in [4.69, 9.17) is 4.74 Å². The second kappa shape index (κ2) is 13.0. The van der Waals surface area contributed by atoms with Crippen LogP contribution in [-0.4, -0.2) is 79.6 Å². The number of benzene rings is 1. The van der Waals surface area contributed by atoms with Crippen molar-refractivity contribution in [3.63, 3.8) is 0 Å². The molecule has 6 rings (SSSR count). The monoisotopic (exact) mass is 627 g/mol. The first-order chi connectivity index (χ1) is 22.1. The molecule has 2 N–H and O–H groups in total. The molecule has 5 aliphatic rings. The minimum atomic E-state index is -0.987. The number of carbonyl (C=O) groups is 3. The molecule has 3 fully saturated rings. The highest BCUT2D eigenvalue weighted by Gasteiger charge is 2.62. The number of fused-ring (bicyclic) bond motifs is 4.